The lowest BCUT2D eigenvalue weighted by molar-refractivity contribution is 0.278. The zero-order chi connectivity index (χ0) is 15.5. The second-order valence-electron chi connectivity index (χ2n) is 6.26. The highest BCUT2D eigenvalue weighted by atomic mass is 32.2. The maximum atomic E-state index is 11.9. The minimum absolute atomic E-state index is 0.00999. The largest absolute Gasteiger partial charge is 0.447 e. The molecule has 0 atom stereocenters. The molecule has 0 saturated heterocycles. The van der Waals surface area contributed by atoms with Crippen molar-refractivity contribution in [1.29, 1.82) is 0 Å². The molecule has 1 saturated carbocycles. The molecule has 0 aromatic carbocycles. The summed E-state index contributed by atoms with van der Waals surface area (Å²) < 4.78 is 30.4. The van der Waals surface area contributed by atoms with Crippen molar-refractivity contribution >= 4 is 10.0 Å². The summed E-state index contributed by atoms with van der Waals surface area (Å²) >= 11 is 0. The van der Waals surface area contributed by atoms with E-state index in [4.69, 9.17) is 4.42 Å². The van der Waals surface area contributed by atoms with Gasteiger partial charge in [0.2, 0.25) is 5.09 Å². The van der Waals surface area contributed by atoms with Crippen molar-refractivity contribution in [2.75, 3.05) is 20.6 Å². The van der Waals surface area contributed by atoms with Crippen molar-refractivity contribution in [3.8, 4) is 0 Å². The number of nitrogens with zero attached hydrogens (tertiary/aromatic N) is 1. The normalized spacial score (nSPS) is 23.6. The summed E-state index contributed by atoms with van der Waals surface area (Å²) in [5.41, 5.74) is 0. The lowest BCUT2D eigenvalue weighted by atomic mass is 9.83. The van der Waals surface area contributed by atoms with Gasteiger partial charge in [-0.3, -0.25) is 0 Å². The Balaban J connectivity index is 1.81. The first-order valence-electron chi connectivity index (χ1n) is 7.61. The Morgan fingerprint density at radius 2 is 1.90 bits per heavy atom. The average Bonchev–Trinajstić information content (AvgIpc) is 2.90. The molecule has 0 aliphatic heterocycles. The van der Waals surface area contributed by atoms with Crippen LogP contribution < -0.4 is 5.32 Å². The quantitative estimate of drug-likeness (QED) is 0.876. The molecule has 6 heteroatoms. The van der Waals surface area contributed by atoms with Gasteiger partial charge in [0, 0.05) is 14.1 Å². The molecule has 1 fully saturated rings. The van der Waals surface area contributed by atoms with Gasteiger partial charge in [-0.15, -0.1) is 0 Å². The Kier molecular flexibility index (Phi) is 5.46. The van der Waals surface area contributed by atoms with Gasteiger partial charge >= 0.3 is 0 Å². The van der Waals surface area contributed by atoms with E-state index in [-0.39, 0.29) is 5.09 Å². The van der Waals surface area contributed by atoms with Crippen LogP contribution in [0.4, 0.5) is 0 Å². The molecular weight excluding hydrogens is 288 g/mol. The fraction of sp³-hybridized carbons (Fsp3) is 0.733. The Bertz CT molecular complexity index is 543. The third-order valence-corrected chi connectivity index (χ3v) is 5.93. The Morgan fingerprint density at radius 3 is 2.52 bits per heavy atom. The summed E-state index contributed by atoms with van der Waals surface area (Å²) in [6.07, 6.45) is 5.20. The highest BCUT2D eigenvalue weighted by Crippen LogP contribution is 2.27. The van der Waals surface area contributed by atoms with Crippen LogP contribution in [0.5, 0.6) is 0 Å². The first-order valence-corrected chi connectivity index (χ1v) is 9.05. The molecule has 1 heterocycles. The summed E-state index contributed by atoms with van der Waals surface area (Å²) in [6.45, 7) is 3.87. The van der Waals surface area contributed by atoms with Gasteiger partial charge in [0.1, 0.15) is 5.76 Å². The Morgan fingerprint density at radius 1 is 1.24 bits per heavy atom. The standard InChI is InChI=1S/C15H26N2O3S/c1-12-4-6-13(7-5-12)10-16-11-14-8-9-15(20-14)21(18,19)17(2)3/h8-9,12-13,16H,4-7,10-11H2,1-3H3. The third kappa shape index (κ3) is 4.31. The number of sulfonamides is 1. The molecule has 0 unspecified atom stereocenters. The summed E-state index contributed by atoms with van der Waals surface area (Å²) in [6, 6.07) is 3.25. The SMILES string of the molecule is CC1CCC(CNCc2ccc(S(=O)(=O)N(C)C)o2)CC1. The van der Waals surface area contributed by atoms with Gasteiger partial charge in [0.05, 0.1) is 6.54 Å². The van der Waals surface area contributed by atoms with Crippen molar-refractivity contribution in [1.82, 2.24) is 9.62 Å². The van der Waals surface area contributed by atoms with E-state index >= 15 is 0 Å². The minimum Gasteiger partial charge on any atom is -0.447 e. The average molecular weight is 314 g/mol. The van der Waals surface area contributed by atoms with Crippen molar-refractivity contribution in [2.24, 2.45) is 11.8 Å². The minimum atomic E-state index is -3.47. The van der Waals surface area contributed by atoms with E-state index in [1.54, 1.807) is 6.07 Å². The first kappa shape index (κ1) is 16.5. The fourth-order valence-corrected chi connectivity index (χ4v) is 3.52. The Labute approximate surface area is 127 Å². The van der Waals surface area contributed by atoms with E-state index in [1.807, 2.05) is 0 Å². The van der Waals surface area contributed by atoms with Gasteiger partial charge in [0.25, 0.3) is 10.0 Å². The van der Waals surface area contributed by atoms with Gasteiger partial charge in [-0.05, 0) is 43.4 Å². The van der Waals surface area contributed by atoms with E-state index < -0.39 is 10.0 Å². The number of hydrogen-bond acceptors (Lipinski definition) is 4. The molecular formula is C15H26N2O3S. The second kappa shape index (κ2) is 6.94. The molecule has 0 radical (unpaired) electrons. The molecule has 1 N–H and O–H groups in total. The van der Waals surface area contributed by atoms with Crippen molar-refractivity contribution in [3.63, 3.8) is 0 Å². The highest BCUT2D eigenvalue weighted by molar-refractivity contribution is 7.88. The van der Waals surface area contributed by atoms with E-state index in [0.29, 0.717) is 12.3 Å². The molecule has 0 amide bonds. The molecule has 0 spiro atoms. The van der Waals surface area contributed by atoms with Gasteiger partial charge in [-0.1, -0.05) is 19.8 Å². The van der Waals surface area contributed by atoms with Crippen LogP contribution in [0.15, 0.2) is 21.6 Å². The topological polar surface area (TPSA) is 62.6 Å². The van der Waals surface area contributed by atoms with Crippen LogP contribution in [0.2, 0.25) is 0 Å². The zero-order valence-electron chi connectivity index (χ0n) is 13.1. The van der Waals surface area contributed by atoms with Crippen LogP contribution in [0.1, 0.15) is 38.4 Å². The Hall–Kier alpha value is -0.850. The lowest BCUT2D eigenvalue weighted by Crippen LogP contribution is -2.25. The summed E-state index contributed by atoms with van der Waals surface area (Å²) in [7, 11) is -0.469. The number of hydrogen-bond donors (Lipinski definition) is 1. The monoisotopic (exact) mass is 314 g/mol. The van der Waals surface area contributed by atoms with Gasteiger partial charge in [-0.25, -0.2) is 12.7 Å². The molecule has 1 aromatic heterocycles. The lowest BCUT2D eigenvalue weighted by Gasteiger charge is -2.26. The summed E-state index contributed by atoms with van der Waals surface area (Å²) in [5.74, 6) is 2.27. The van der Waals surface area contributed by atoms with Crippen molar-refractivity contribution in [3.05, 3.63) is 17.9 Å². The van der Waals surface area contributed by atoms with Crippen molar-refractivity contribution < 1.29 is 12.8 Å². The van der Waals surface area contributed by atoms with Crippen LogP contribution in [0, 0.1) is 11.8 Å². The maximum absolute atomic E-state index is 11.9. The predicted molar refractivity (Wildman–Crippen MR) is 82.4 cm³/mol. The van der Waals surface area contributed by atoms with E-state index in [0.717, 1.165) is 22.7 Å². The number of nitrogens with one attached hydrogen (secondary N) is 1. The van der Waals surface area contributed by atoms with Crippen LogP contribution in [-0.4, -0.2) is 33.4 Å². The maximum Gasteiger partial charge on any atom is 0.275 e. The van der Waals surface area contributed by atoms with Gasteiger partial charge < -0.3 is 9.73 Å². The molecule has 120 valence electrons. The summed E-state index contributed by atoms with van der Waals surface area (Å²) in [5, 5.41) is 3.39. The van der Waals surface area contributed by atoms with Crippen molar-refractivity contribution in [2.45, 2.75) is 44.2 Å². The van der Waals surface area contributed by atoms with E-state index in [2.05, 4.69) is 12.2 Å². The third-order valence-electron chi connectivity index (χ3n) is 4.24. The number of rotatable bonds is 6. The highest BCUT2D eigenvalue weighted by Gasteiger charge is 2.22. The van der Waals surface area contributed by atoms with Gasteiger partial charge in [-0.2, -0.15) is 0 Å². The molecule has 2 rings (SSSR count). The van der Waals surface area contributed by atoms with Crippen LogP contribution >= 0.6 is 0 Å². The fourth-order valence-electron chi connectivity index (χ4n) is 2.70. The molecule has 5 nitrogen and oxygen atoms in total. The molecule has 1 aliphatic carbocycles. The zero-order valence-corrected chi connectivity index (χ0v) is 13.9. The molecule has 1 aliphatic rings. The van der Waals surface area contributed by atoms with Crippen LogP contribution in [-0.2, 0) is 16.6 Å². The molecule has 21 heavy (non-hydrogen) atoms. The number of furan rings is 1. The predicted octanol–water partition coefficient (Wildman–Crippen LogP) is 2.45. The first-order chi connectivity index (χ1) is 9.89. The van der Waals surface area contributed by atoms with E-state index in [1.165, 1.54) is 45.8 Å². The van der Waals surface area contributed by atoms with Gasteiger partial charge in [0.15, 0.2) is 0 Å². The summed E-state index contributed by atoms with van der Waals surface area (Å²) in [4.78, 5) is 0. The van der Waals surface area contributed by atoms with Crippen LogP contribution in [0.3, 0.4) is 0 Å². The second-order valence-corrected chi connectivity index (χ2v) is 8.35. The smallest absolute Gasteiger partial charge is 0.275 e. The molecule has 0 bridgehead atoms. The van der Waals surface area contributed by atoms with Crippen LogP contribution in [0.25, 0.3) is 0 Å². The molecule has 1 aromatic rings. The van der Waals surface area contributed by atoms with E-state index in [9.17, 15) is 8.42 Å².